The van der Waals surface area contributed by atoms with E-state index in [1.54, 1.807) is 0 Å². The zero-order valence-corrected chi connectivity index (χ0v) is 15.8. The molecule has 3 aromatic rings. The topological polar surface area (TPSA) is 145 Å². The van der Waals surface area contributed by atoms with Crippen LogP contribution in [0.15, 0.2) is 56.7 Å². The van der Waals surface area contributed by atoms with Gasteiger partial charge >= 0.3 is 0 Å². The quantitative estimate of drug-likeness (QED) is 0.306. The highest BCUT2D eigenvalue weighted by molar-refractivity contribution is 9.10. The molecule has 0 aliphatic heterocycles. The predicted octanol–water partition coefficient (Wildman–Crippen LogP) is 3.51. The van der Waals surface area contributed by atoms with Crippen LogP contribution in [0.2, 0.25) is 0 Å². The minimum Gasteiger partial charge on any atom is -0.302 e. The number of aromatic nitrogens is 2. The first-order valence-electron chi connectivity index (χ1n) is 7.73. The summed E-state index contributed by atoms with van der Waals surface area (Å²) < 4.78 is 18.0. The van der Waals surface area contributed by atoms with E-state index >= 15 is 0 Å². The number of non-ortho nitro benzene ring substituents is 1. The van der Waals surface area contributed by atoms with Crippen LogP contribution in [0.5, 0.6) is 0 Å². The van der Waals surface area contributed by atoms with Gasteiger partial charge in [0.2, 0.25) is 5.82 Å². The molecule has 148 valence electrons. The van der Waals surface area contributed by atoms with Gasteiger partial charge in [-0.1, -0.05) is 5.16 Å². The van der Waals surface area contributed by atoms with E-state index < -0.39 is 16.6 Å². The summed E-state index contributed by atoms with van der Waals surface area (Å²) in [5, 5.41) is 23.8. The average Bonchev–Trinajstić information content (AvgIpc) is 3.14. The van der Waals surface area contributed by atoms with Crippen LogP contribution in [-0.2, 0) is 4.94 Å². The smallest absolute Gasteiger partial charge is 0.269 e. The number of carbonyl (C=O) groups excluding carboxylic acids is 1. The predicted molar refractivity (Wildman–Crippen MR) is 102 cm³/mol. The molecule has 0 saturated carbocycles. The molecule has 0 aliphatic carbocycles. The van der Waals surface area contributed by atoms with Crippen molar-refractivity contribution in [3.05, 3.63) is 74.1 Å². The molecule has 11 nitrogen and oxygen atoms in total. The van der Waals surface area contributed by atoms with Gasteiger partial charge in [0.05, 0.1) is 15.1 Å². The molecule has 3 rings (SSSR count). The second-order valence-corrected chi connectivity index (χ2v) is 6.17. The molecular formula is C16H10BrFN6O5. The van der Waals surface area contributed by atoms with E-state index in [1.165, 1.54) is 42.5 Å². The van der Waals surface area contributed by atoms with E-state index in [-0.39, 0.29) is 27.2 Å². The van der Waals surface area contributed by atoms with Gasteiger partial charge < -0.3 is 5.32 Å². The molecule has 1 amide bonds. The number of carbonyl (C=O) groups is 1. The third-order valence-corrected chi connectivity index (χ3v) is 4.00. The standard InChI is InChI=1S/C16H10BrFN6O5/c17-12-7-10(3-6-13(12)18)21-28-19-8-14-15(23-29-22-14)20-16(25)9-1-4-11(5-2-9)24(26)27/h1-8,21H,(H,20,23,25)/b19-8+. The molecule has 1 aromatic heterocycles. The number of halogens is 2. The molecule has 29 heavy (non-hydrogen) atoms. The fraction of sp³-hybridized carbons (Fsp3) is 0. The number of rotatable bonds is 7. The lowest BCUT2D eigenvalue weighted by atomic mass is 10.2. The fourth-order valence-corrected chi connectivity index (χ4v) is 2.37. The first kappa shape index (κ1) is 19.9. The van der Waals surface area contributed by atoms with Crippen LogP contribution in [0.4, 0.5) is 21.6 Å². The molecule has 0 spiro atoms. The highest BCUT2D eigenvalue weighted by atomic mass is 79.9. The summed E-state index contributed by atoms with van der Waals surface area (Å²) in [6.07, 6.45) is 1.12. The van der Waals surface area contributed by atoms with Crippen molar-refractivity contribution in [2.45, 2.75) is 0 Å². The molecule has 0 saturated heterocycles. The third kappa shape index (κ3) is 5.10. The molecule has 0 fully saturated rings. The van der Waals surface area contributed by atoms with Crippen molar-refractivity contribution < 1.29 is 23.7 Å². The summed E-state index contributed by atoms with van der Waals surface area (Å²) >= 11 is 3.04. The summed E-state index contributed by atoms with van der Waals surface area (Å²) in [5.74, 6) is -1.05. The van der Waals surface area contributed by atoms with Crippen LogP contribution in [0.1, 0.15) is 16.1 Å². The number of nitro groups is 1. The minimum atomic E-state index is -0.583. The molecule has 0 atom stereocenters. The molecule has 0 unspecified atom stereocenters. The van der Waals surface area contributed by atoms with Gasteiger partial charge in [0.15, 0.2) is 5.69 Å². The Bertz CT molecular complexity index is 1070. The summed E-state index contributed by atoms with van der Waals surface area (Å²) in [7, 11) is 0. The van der Waals surface area contributed by atoms with E-state index in [9.17, 15) is 19.3 Å². The summed E-state index contributed by atoms with van der Waals surface area (Å²) in [4.78, 5) is 27.1. The second kappa shape index (κ2) is 8.88. The van der Waals surface area contributed by atoms with E-state index in [0.717, 1.165) is 6.21 Å². The Labute approximate surface area is 169 Å². The zero-order chi connectivity index (χ0) is 20.8. The maximum atomic E-state index is 13.2. The van der Waals surface area contributed by atoms with Gasteiger partial charge in [0.1, 0.15) is 12.0 Å². The van der Waals surface area contributed by atoms with Crippen molar-refractivity contribution in [2.75, 3.05) is 10.8 Å². The Balaban J connectivity index is 1.59. The Morgan fingerprint density at radius 3 is 2.72 bits per heavy atom. The Morgan fingerprint density at radius 1 is 1.28 bits per heavy atom. The lowest BCUT2D eigenvalue weighted by Gasteiger charge is -2.03. The molecule has 0 aliphatic rings. The Kier molecular flexibility index (Phi) is 6.09. The maximum absolute atomic E-state index is 13.2. The monoisotopic (exact) mass is 464 g/mol. The van der Waals surface area contributed by atoms with Gasteiger partial charge in [-0.2, -0.15) is 5.48 Å². The number of nitro benzene ring substituents is 1. The molecule has 13 heteroatoms. The number of hydrogen-bond acceptors (Lipinski definition) is 9. The molecule has 2 N–H and O–H groups in total. The number of nitrogens with one attached hydrogen (secondary N) is 2. The van der Waals surface area contributed by atoms with E-state index in [4.69, 9.17) is 4.94 Å². The zero-order valence-electron chi connectivity index (χ0n) is 14.2. The molecule has 1 heterocycles. The van der Waals surface area contributed by atoms with Crippen LogP contribution in [0, 0.1) is 15.9 Å². The number of amides is 1. The number of oxime groups is 1. The Morgan fingerprint density at radius 2 is 2.03 bits per heavy atom. The van der Waals surface area contributed by atoms with Gasteiger partial charge in [0, 0.05) is 17.7 Å². The van der Waals surface area contributed by atoms with Crippen molar-refractivity contribution in [1.82, 2.24) is 10.3 Å². The van der Waals surface area contributed by atoms with Crippen LogP contribution < -0.4 is 10.8 Å². The van der Waals surface area contributed by atoms with Crippen molar-refractivity contribution in [1.29, 1.82) is 0 Å². The fourth-order valence-electron chi connectivity index (χ4n) is 2.00. The van der Waals surface area contributed by atoms with Gasteiger partial charge in [-0.3, -0.25) is 19.8 Å². The summed E-state index contributed by atoms with van der Waals surface area (Å²) in [5.41, 5.74) is 2.97. The largest absolute Gasteiger partial charge is 0.302 e. The highest BCUT2D eigenvalue weighted by Gasteiger charge is 2.14. The first-order valence-corrected chi connectivity index (χ1v) is 8.52. The van der Waals surface area contributed by atoms with Crippen LogP contribution >= 0.6 is 15.9 Å². The highest BCUT2D eigenvalue weighted by Crippen LogP contribution is 2.20. The van der Waals surface area contributed by atoms with Crippen LogP contribution in [-0.4, -0.2) is 27.4 Å². The number of nitrogens with zero attached hydrogens (tertiary/aromatic N) is 4. The molecule has 0 bridgehead atoms. The van der Waals surface area contributed by atoms with Crippen molar-refractivity contribution in [3.8, 4) is 0 Å². The third-order valence-electron chi connectivity index (χ3n) is 3.40. The lowest BCUT2D eigenvalue weighted by molar-refractivity contribution is -0.384. The van der Waals surface area contributed by atoms with Crippen LogP contribution in [0.3, 0.4) is 0 Å². The molecule has 0 radical (unpaired) electrons. The average molecular weight is 465 g/mol. The van der Waals surface area contributed by atoms with Crippen molar-refractivity contribution in [3.63, 3.8) is 0 Å². The second-order valence-electron chi connectivity index (χ2n) is 5.31. The van der Waals surface area contributed by atoms with E-state index in [0.29, 0.717) is 5.69 Å². The van der Waals surface area contributed by atoms with E-state index in [2.05, 4.69) is 46.8 Å². The molecular weight excluding hydrogens is 455 g/mol. The van der Waals surface area contributed by atoms with Gasteiger partial charge in [-0.15, -0.1) is 0 Å². The maximum Gasteiger partial charge on any atom is 0.269 e. The van der Waals surface area contributed by atoms with Gasteiger partial charge in [-0.05, 0) is 56.6 Å². The number of anilines is 2. The molecule has 2 aromatic carbocycles. The number of hydrogen-bond donors (Lipinski definition) is 2. The van der Waals surface area contributed by atoms with Gasteiger partial charge in [0.25, 0.3) is 11.6 Å². The lowest BCUT2D eigenvalue weighted by Crippen LogP contribution is -2.13. The van der Waals surface area contributed by atoms with Crippen molar-refractivity contribution >= 4 is 45.2 Å². The summed E-state index contributed by atoms with van der Waals surface area (Å²) in [6, 6.07) is 9.09. The summed E-state index contributed by atoms with van der Waals surface area (Å²) in [6.45, 7) is 0. The normalized spacial score (nSPS) is 10.7. The van der Waals surface area contributed by atoms with Crippen LogP contribution in [0.25, 0.3) is 0 Å². The van der Waals surface area contributed by atoms with Gasteiger partial charge in [-0.25, -0.2) is 9.02 Å². The SMILES string of the molecule is O=C(Nc1nonc1/C=N/ONc1ccc(F)c(Br)c1)c1ccc([N+](=O)[O-])cc1. The van der Waals surface area contributed by atoms with Crippen molar-refractivity contribution in [2.24, 2.45) is 5.16 Å². The Hall–Kier alpha value is -3.87. The minimum absolute atomic E-state index is 0.0368. The first-order chi connectivity index (χ1) is 13.9. The van der Waals surface area contributed by atoms with E-state index in [1.807, 2.05) is 0 Å². The number of benzene rings is 2.